The molecule has 0 aliphatic rings. The van der Waals surface area contributed by atoms with Gasteiger partial charge in [0.25, 0.3) is 0 Å². The predicted molar refractivity (Wildman–Crippen MR) is 86.8 cm³/mol. The van der Waals surface area contributed by atoms with Crippen molar-refractivity contribution < 1.29 is 24.2 Å². The van der Waals surface area contributed by atoms with Crippen molar-refractivity contribution in [2.75, 3.05) is 20.3 Å². The van der Waals surface area contributed by atoms with Crippen LogP contribution in [0.15, 0.2) is 24.3 Å². The number of aliphatic carboxylic acids is 1. The highest BCUT2D eigenvalue weighted by Gasteiger charge is 2.34. The molecule has 0 aliphatic heterocycles. The molecule has 2 N–H and O–H groups in total. The predicted octanol–water partition coefficient (Wildman–Crippen LogP) is 2.47. The summed E-state index contributed by atoms with van der Waals surface area (Å²) in [4.78, 5) is 23.2. The lowest BCUT2D eigenvalue weighted by Gasteiger charge is -2.26. The van der Waals surface area contributed by atoms with Crippen LogP contribution in [0.25, 0.3) is 0 Å². The van der Waals surface area contributed by atoms with Gasteiger partial charge in [0.1, 0.15) is 0 Å². The number of carbonyl (C=O) groups is 2. The quantitative estimate of drug-likeness (QED) is 0.691. The lowest BCUT2D eigenvalue weighted by atomic mass is 9.82. The van der Waals surface area contributed by atoms with Gasteiger partial charge in [-0.2, -0.15) is 0 Å². The molecule has 0 bridgehead atoms. The van der Waals surface area contributed by atoms with Gasteiger partial charge >= 0.3 is 5.97 Å². The van der Waals surface area contributed by atoms with Crippen LogP contribution >= 0.6 is 0 Å². The van der Waals surface area contributed by atoms with E-state index < -0.39 is 11.4 Å². The molecule has 0 fully saturated rings. The summed E-state index contributed by atoms with van der Waals surface area (Å²) in [6.07, 6.45) is 1.09. The van der Waals surface area contributed by atoms with E-state index in [9.17, 15) is 14.7 Å². The van der Waals surface area contributed by atoms with Crippen molar-refractivity contribution in [1.82, 2.24) is 5.32 Å². The van der Waals surface area contributed by atoms with Crippen LogP contribution in [-0.2, 0) is 9.59 Å². The minimum Gasteiger partial charge on any atom is -0.493 e. The standard InChI is InChI=1S/C17H25NO5/c1-4-17(5-2,16(20)21)12-18-15(19)10-11-23-14-9-7-6-8-13(14)22-3/h6-9H,4-5,10-12H2,1-3H3,(H,18,19)(H,20,21). The highest BCUT2D eigenvalue weighted by atomic mass is 16.5. The monoisotopic (exact) mass is 323 g/mol. The van der Waals surface area contributed by atoms with Crippen molar-refractivity contribution in [2.45, 2.75) is 33.1 Å². The average molecular weight is 323 g/mol. The van der Waals surface area contributed by atoms with E-state index in [-0.39, 0.29) is 25.5 Å². The van der Waals surface area contributed by atoms with Crippen LogP contribution in [0.5, 0.6) is 11.5 Å². The highest BCUT2D eigenvalue weighted by molar-refractivity contribution is 5.79. The molecule has 0 aliphatic carbocycles. The molecular formula is C17H25NO5. The average Bonchev–Trinajstić information content (AvgIpc) is 2.56. The number of para-hydroxylation sites is 2. The summed E-state index contributed by atoms with van der Waals surface area (Å²) in [6, 6.07) is 7.19. The third-order valence-electron chi connectivity index (χ3n) is 4.09. The first-order valence-corrected chi connectivity index (χ1v) is 7.75. The molecule has 0 unspecified atom stereocenters. The normalized spacial score (nSPS) is 10.9. The van der Waals surface area contributed by atoms with Crippen LogP contribution in [0.2, 0.25) is 0 Å². The fourth-order valence-electron chi connectivity index (χ4n) is 2.23. The lowest BCUT2D eigenvalue weighted by molar-refractivity contribution is -0.149. The lowest BCUT2D eigenvalue weighted by Crippen LogP contribution is -2.42. The molecule has 0 aromatic heterocycles. The molecule has 1 amide bonds. The number of carbonyl (C=O) groups excluding carboxylic acids is 1. The number of hydrogen-bond acceptors (Lipinski definition) is 4. The Balaban J connectivity index is 2.44. The molecule has 0 radical (unpaired) electrons. The Morgan fingerprint density at radius 3 is 2.30 bits per heavy atom. The summed E-state index contributed by atoms with van der Waals surface area (Å²) in [6.45, 7) is 3.95. The van der Waals surface area contributed by atoms with E-state index >= 15 is 0 Å². The maximum Gasteiger partial charge on any atom is 0.311 e. The largest absolute Gasteiger partial charge is 0.493 e. The van der Waals surface area contributed by atoms with E-state index in [0.717, 1.165) is 0 Å². The molecule has 1 aromatic rings. The van der Waals surface area contributed by atoms with E-state index in [4.69, 9.17) is 9.47 Å². The van der Waals surface area contributed by atoms with Gasteiger partial charge in [0.2, 0.25) is 5.91 Å². The zero-order chi connectivity index (χ0) is 17.3. The number of nitrogens with one attached hydrogen (secondary N) is 1. The first kappa shape index (κ1) is 18.8. The molecule has 0 spiro atoms. The second kappa shape index (κ2) is 9.02. The summed E-state index contributed by atoms with van der Waals surface area (Å²) in [7, 11) is 1.55. The van der Waals surface area contributed by atoms with Crippen molar-refractivity contribution >= 4 is 11.9 Å². The molecule has 0 atom stereocenters. The van der Waals surface area contributed by atoms with Gasteiger partial charge in [-0.15, -0.1) is 0 Å². The van der Waals surface area contributed by atoms with Gasteiger partial charge < -0.3 is 19.9 Å². The van der Waals surface area contributed by atoms with Gasteiger partial charge in [0.05, 0.1) is 25.6 Å². The molecule has 0 saturated carbocycles. The molecule has 0 saturated heterocycles. The second-order valence-corrected chi connectivity index (χ2v) is 5.32. The van der Waals surface area contributed by atoms with Crippen molar-refractivity contribution in [2.24, 2.45) is 5.41 Å². The maximum atomic E-state index is 11.9. The first-order valence-electron chi connectivity index (χ1n) is 7.75. The minimum atomic E-state index is -0.904. The Kier molecular flexibility index (Phi) is 7.38. The van der Waals surface area contributed by atoms with E-state index in [2.05, 4.69) is 5.32 Å². The molecule has 0 heterocycles. The van der Waals surface area contributed by atoms with Crippen LogP contribution in [0.4, 0.5) is 0 Å². The van der Waals surface area contributed by atoms with Crippen LogP contribution in [0.3, 0.4) is 0 Å². The number of rotatable bonds is 10. The summed E-state index contributed by atoms with van der Waals surface area (Å²) in [5.41, 5.74) is -0.904. The number of carboxylic acids is 1. The molecule has 1 aromatic carbocycles. The fraction of sp³-hybridized carbons (Fsp3) is 0.529. The Hall–Kier alpha value is -2.24. The topological polar surface area (TPSA) is 84.9 Å². The van der Waals surface area contributed by atoms with Crippen LogP contribution < -0.4 is 14.8 Å². The fourth-order valence-corrected chi connectivity index (χ4v) is 2.23. The summed E-state index contributed by atoms with van der Waals surface area (Å²) in [5.74, 6) is 0.0695. The Morgan fingerprint density at radius 2 is 1.78 bits per heavy atom. The summed E-state index contributed by atoms with van der Waals surface area (Å²) < 4.78 is 10.7. The van der Waals surface area contributed by atoms with Crippen molar-refractivity contribution in [3.05, 3.63) is 24.3 Å². The molecule has 1 rings (SSSR count). The second-order valence-electron chi connectivity index (χ2n) is 5.32. The Morgan fingerprint density at radius 1 is 1.17 bits per heavy atom. The van der Waals surface area contributed by atoms with E-state index in [1.165, 1.54) is 0 Å². The zero-order valence-corrected chi connectivity index (χ0v) is 13.9. The molecular weight excluding hydrogens is 298 g/mol. The third kappa shape index (κ3) is 5.16. The number of methoxy groups -OCH3 is 1. The van der Waals surface area contributed by atoms with Gasteiger partial charge in [0, 0.05) is 6.54 Å². The van der Waals surface area contributed by atoms with E-state index in [0.29, 0.717) is 24.3 Å². The van der Waals surface area contributed by atoms with Crippen LogP contribution in [-0.4, -0.2) is 37.2 Å². The van der Waals surface area contributed by atoms with Crippen molar-refractivity contribution in [1.29, 1.82) is 0 Å². The number of hydrogen-bond donors (Lipinski definition) is 2. The molecule has 6 nitrogen and oxygen atoms in total. The zero-order valence-electron chi connectivity index (χ0n) is 13.9. The van der Waals surface area contributed by atoms with Crippen molar-refractivity contribution in [3.63, 3.8) is 0 Å². The SMILES string of the molecule is CCC(CC)(CNC(=O)CCOc1ccccc1OC)C(=O)O. The number of carboxylic acid groups (broad SMARTS) is 1. The van der Waals surface area contributed by atoms with Crippen LogP contribution in [0.1, 0.15) is 33.1 Å². The summed E-state index contributed by atoms with van der Waals surface area (Å²) in [5, 5.41) is 12.0. The van der Waals surface area contributed by atoms with Gasteiger partial charge in [-0.05, 0) is 25.0 Å². The Bertz CT molecular complexity index is 525. The number of benzene rings is 1. The third-order valence-corrected chi connectivity index (χ3v) is 4.09. The van der Waals surface area contributed by atoms with Gasteiger partial charge in [-0.1, -0.05) is 26.0 Å². The van der Waals surface area contributed by atoms with E-state index in [1.54, 1.807) is 19.2 Å². The number of amides is 1. The summed E-state index contributed by atoms with van der Waals surface area (Å²) >= 11 is 0. The van der Waals surface area contributed by atoms with Crippen LogP contribution in [0, 0.1) is 5.41 Å². The van der Waals surface area contributed by atoms with Gasteiger partial charge in [-0.3, -0.25) is 9.59 Å². The van der Waals surface area contributed by atoms with E-state index in [1.807, 2.05) is 26.0 Å². The molecule has 6 heteroatoms. The minimum absolute atomic E-state index is 0.128. The first-order chi connectivity index (χ1) is 11.0. The number of ether oxygens (including phenoxy) is 2. The maximum absolute atomic E-state index is 11.9. The smallest absolute Gasteiger partial charge is 0.311 e. The molecule has 23 heavy (non-hydrogen) atoms. The van der Waals surface area contributed by atoms with Gasteiger partial charge in [-0.25, -0.2) is 0 Å². The highest BCUT2D eigenvalue weighted by Crippen LogP contribution is 2.26. The Labute approximate surface area is 136 Å². The van der Waals surface area contributed by atoms with Gasteiger partial charge in [0.15, 0.2) is 11.5 Å². The van der Waals surface area contributed by atoms with Crippen molar-refractivity contribution in [3.8, 4) is 11.5 Å². The molecule has 128 valence electrons.